The molecule has 1 aromatic heterocycles. The summed E-state index contributed by atoms with van der Waals surface area (Å²) in [7, 11) is 1.90. The molecule has 1 aromatic rings. The molecule has 3 N–H and O–H groups in total. The number of amides is 1. The number of hydrogen-bond acceptors (Lipinski definition) is 3. The van der Waals surface area contributed by atoms with Crippen LogP contribution in [0.25, 0.3) is 0 Å². The first kappa shape index (κ1) is 13.1. The van der Waals surface area contributed by atoms with Crippen LogP contribution in [0.2, 0.25) is 0 Å². The quantitative estimate of drug-likeness (QED) is 0.837. The molecule has 5 nitrogen and oxygen atoms in total. The summed E-state index contributed by atoms with van der Waals surface area (Å²) in [4.78, 5) is 11.9. The Morgan fingerprint density at radius 1 is 1.56 bits per heavy atom. The largest absolute Gasteiger partial charge is 0.352 e. The van der Waals surface area contributed by atoms with Gasteiger partial charge in [-0.3, -0.25) is 9.48 Å². The molecule has 1 aliphatic rings. The van der Waals surface area contributed by atoms with Gasteiger partial charge in [-0.2, -0.15) is 5.10 Å². The molecule has 1 aliphatic carbocycles. The highest BCUT2D eigenvalue weighted by molar-refractivity contribution is 5.77. The predicted molar refractivity (Wildman–Crippen MR) is 69.8 cm³/mol. The normalized spacial score (nSPS) is 17.9. The van der Waals surface area contributed by atoms with Gasteiger partial charge in [0.1, 0.15) is 0 Å². The molecule has 100 valence electrons. The van der Waals surface area contributed by atoms with E-state index in [4.69, 9.17) is 5.73 Å². The van der Waals surface area contributed by atoms with Crippen LogP contribution in [0.5, 0.6) is 0 Å². The fourth-order valence-electron chi connectivity index (χ4n) is 2.55. The monoisotopic (exact) mass is 250 g/mol. The summed E-state index contributed by atoms with van der Waals surface area (Å²) in [5, 5.41) is 7.08. The fourth-order valence-corrected chi connectivity index (χ4v) is 2.55. The van der Waals surface area contributed by atoms with E-state index in [0.717, 1.165) is 36.9 Å². The molecule has 0 atom stereocenters. The maximum atomic E-state index is 11.9. The topological polar surface area (TPSA) is 72.9 Å². The SMILES string of the molecule is Cc1c(CNC(=O)CC2(N)CCCC2)cnn1C. The van der Waals surface area contributed by atoms with Gasteiger partial charge in [-0.25, -0.2) is 0 Å². The van der Waals surface area contributed by atoms with Gasteiger partial charge in [-0.1, -0.05) is 12.8 Å². The lowest BCUT2D eigenvalue weighted by molar-refractivity contribution is -0.122. The molecule has 1 saturated carbocycles. The zero-order valence-electron chi connectivity index (χ0n) is 11.2. The number of aromatic nitrogens is 2. The van der Waals surface area contributed by atoms with E-state index in [-0.39, 0.29) is 11.4 Å². The van der Waals surface area contributed by atoms with Gasteiger partial charge in [-0.15, -0.1) is 0 Å². The Bertz CT molecular complexity index is 432. The zero-order valence-corrected chi connectivity index (χ0v) is 11.2. The van der Waals surface area contributed by atoms with Crippen molar-refractivity contribution in [2.24, 2.45) is 12.8 Å². The smallest absolute Gasteiger partial charge is 0.222 e. The van der Waals surface area contributed by atoms with Crippen molar-refractivity contribution in [2.75, 3.05) is 0 Å². The van der Waals surface area contributed by atoms with Gasteiger partial charge in [0.2, 0.25) is 5.91 Å². The Morgan fingerprint density at radius 3 is 2.78 bits per heavy atom. The maximum absolute atomic E-state index is 11.9. The van der Waals surface area contributed by atoms with Gasteiger partial charge in [0.05, 0.1) is 6.20 Å². The second kappa shape index (κ2) is 5.10. The van der Waals surface area contributed by atoms with Gasteiger partial charge in [-0.05, 0) is 19.8 Å². The molecule has 1 amide bonds. The summed E-state index contributed by atoms with van der Waals surface area (Å²) in [6.45, 7) is 2.53. The van der Waals surface area contributed by atoms with Crippen LogP contribution in [0, 0.1) is 6.92 Å². The third-order valence-corrected chi connectivity index (χ3v) is 3.92. The Balaban J connectivity index is 1.83. The van der Waals surface area contributed by atoms with Crippen molar-refractivity contribution in [1.82, 2.24) is 15.1 Å². The van der Waals surface area contributed by atoms with Crippen LogP contribution in [-0.2, 0) is 18.4 Å². The number of nitrogens with two attached hydrogens (primary N) is 1. The molecular formula is C13H22N4O. The molecule has 0 aromatic carbocycles. The van der Waals surface area contributed by atoms with Crippen molar-refractivity contribution < 1.29 is 4.79 Å². The molecule has 1 fully saturated rings. The van der Waals surface area contributed by atoms with E-state index < -0.39 is 0 Å². The molecular weight excluding hydrogens is 228 g/mol. The van der Waals surface area contributed by atoms with Gasteiger partial charge in [0.15, 0.2) is 0 Å². The second-order valence-corrected chi connectivity index (χ2v) is 5.40. The predicted octanol–water partition coefficient (Wildman–Crippen LogP) is 1.01. The molecule has 0 aliphatic heterocycles. The molecule has 1 heterocycles. The number of rotatable bonds is 4. The summed E-state index contributed by atoms with van der Waals surface area (Å²) in [5.74, 6) is 0.0441. The zero-order chi connectivity index (χ0) is 13.2. The van der Waals surface area contributed by atoms with Crippen LogP contribution >= 0.6 is 0 Å². The first-order valence-electron chi connectivity index (χ1n) is 6.53. The van der Waals surface area contributed by atoms with Gasteiger partial charge in [0, 0.05) is 36.8 Å². The lowest BCUT2D eigenvalue weighted by Gasteiger charge is -2.22. The summed E-state index contributed by atoms with van der Waals surface area (Å²) in [6, 6.07) is 0. The molecule has 18 heavy (non-hydrogen) atoms. The average Bonchev–Trinajstić information content (AvgIpc) is 2.86. The fraction of sp³-hybridized carbons (Fsp3) is 0.692. The highest BCUT2D eigenvalue weighted by Crippen LogP contribution is 2.29. The number of nitrogens with one attached hydrogen (secondary N) is 1. The summed E-state index contributed by atoms with van der Waals surface area (Å²) in [5.41, 5.74) is 8.06. The first-order chi connectivity index (χ1) is 8.50. The van der Waals surface area contributed by atoms with Gasteiger partial charge in [0.25, 0.3) is 0 Å². The van der Waals surface area contributed by atoms with Crippen LogP contribution in [-0.4, -0.2) is 21.2 Å². The molecule has 5 heteroatoms. The van der Waals surface area contributed by atoms with Crippen LogP contribution in [0.1, 0.15) is 43.4 Å². The lowest BCUT2D eigenvalue weighted by Crippen LogP contribution is -2.42. The molecule has 0 saturated heterocycles. The van der Waals surface area contributed by atoms with Crippen LogP contribution in [0.4, 0.5) is 0 Å². The van der Waals surface area contributed by atoms with Crippen molar-refractivity contribution >= 4 is 5.91 Å². The highest BCUT2D eigenvalue weighted by Gasteiger charge is 2.31. The number of carbonyl (C=O) groups excluding carboxylic acids is 1. The standard InChI is InChI=1S/C13H22N4O/c1-10-11(9-16-17(10)2)8-15-12(18)7-13(14)5-3-4-6-13/h9H,3-8,14H2,1-2H3,(H,15,18). The van der Waals surface area contributed by atoms with Gasteiger partial charge >= 0.3 is 0 Å². The molecule has 0 bridgehead atoms. The first-order valence-corrected chi connectivity index (χ1v) is 6.53. The summed E-state index contributed by atoms with van der Waals surface area (Å²) >= 11 is 0. The number of carbonyl (C=O) groups is 1. The van der Waals surface area contributed by atoms with Crippen LogP contribution < -0.4 is 11.1 Å². The lowest BCUT2D eigenvalue weighted by atomic mass is 9.94. The summed E-state index contributed by atoms with van der Waals surface area (Å²) < 4.78 is 1.81. The van der Waals surface area contributed by atoms with Crippen molar-refractivity contribution in [3.63, 3.8) is 0 Å². The van der Waals surface area contributed by atoms with E-state index in [2.05, 4.69) is 10.4 Å². The highest BCUT2D eigenvalue weighted by atomic mass is 16.1. The third kappa shape index (κ3) is 2.90. The number of hydrogen-bond donors (Lipinski definition) is 2. The number of aryl methyl sites for hydroxylation is 1. The van der Waals surface area contributed by atoms with Crippen molar-refractivity contribution in [2.45, 2.75) is 51.1 Å². The van der Waals surface area contributed by atoms with E-state index >= 15 is 0 Å². The van der Waals surface area contributed by atoms with E-state index in [1.807, 2.05) is 18.7 Å². The van der Waals surface area contributed by atoms with Crippen molar-refractivity contribution in [1.29, 1.82) is 0 Å². The third-order valence-electron chi connectivity index (χ3n) is 3.92. The second-order valence-electron chi connectivity index (χ2n) is 5.40. The van der Waals surface area contributed by atoms with E-state index in [1.165, 1.54) is 0 Å². The molecule has 2 rings (SSSR count). The maximum Gasteiger partial charge on any atom is 0.222 e. The molecule has 0 radical (unpaired) electrons. The minimum Gasteiger partial charge on any atom is -0.352 e. The Kier molecular flexibility index (Phi) is 3.71. The Labute approximate surface area is 108 Å². The molecule has 0 unspecified atom stereocenters. The van der Waals surface area contributed by atoms with E-state index in [9.17, 15) is 4.79 Å². The van der Waals surface area contributed by atoms with E-state index in [1.54, 1.807) is 6.20 Å². The minimum absolute atomic E-state index is 0.0441. The van der Waals surface area contributed by atoms with Gasteiger partial charge < -0.3 is 11.1 Å². The van der Waals surface area contributed by atoms with Crippen LogP contribution in [0.15, 0.2) is 6.20 Å². The van der Waals surface area contributed by atoms with E-state index in [0.29, 0.717) is 13.0 Å². The van der Waals surface area contributed by atoms with Crippen molar-refractivity contribution in [3.05, 3.63) is 17.5 Å². The molecule has 0 spiro atoms. The average molecular weight is 250 g/mol. The minimum atomic E-state index is -0.270. The Hall–Kier alpha value is -1.36. The summed E-state index contributed by atoms with van der Waals surface area (Å²) in [6.07, 6.45) is 6.45. The van der Waals surface area contributed by atoms with Crippen molar-refractivity contribution in [3.8, 4) is 0 Å². The Morgan fingerprint density at radius 2 is 2.22 bits per heavy atom. The van der Waals surface area contributed by atoms with Crippen LogP contribution in [0.3, 0.4) is 0 Å². The number of nitrogens with zero attached hydrogens (tertiary/aromatic N) is 2.